The fourth-order valence-corrected chi connectivity index (χ4v) is 4.80. The molecule has 198 valence electrons. The minimum atomic E-state index is -0.454. The SMILES string of the molecule is CCc1nc2c(C)cc(C(=O)OCc3ccccc3)nc2n1Cc1ccc(-c2ccccc2-c2nn[nH]n2)cc1. The summed E-state index contributed by atoms with van der Waals surface area (Å²) in [5.41, 5.74) is 7.63. The highest BCUT2D eigenvalue weighted by molar-refractivity contribution is 5.91. The van der Waals surface area contributed by atoms with Gasteiger partial charge in [0.15, 0.2) is 11.3 Å². The smallest absolute Gasteiger partial charge is 0.357 e. The molecule has 6 aromatic rings. The van der Waals surface area contributed by atoms with Crippen LogP contribution >= 0.6 is 0 Å². The third-order valence-electron chi connectivity index (χ3n) is 6.83. The number of imidazole rings is 1. The number of benzene rings is 3. The molecule has 0 aliphatic heterocycles. The van der Waals surface area contributed by atoms with Crippen LogP contribution in [-0.2, 0) is 24.3 Å². The van der Waals surface area contributed by atoms with Crippen LogP contribution in [0.4, 0.5) is 0 Å². The number of hydrogen-bond acceptors (Lipinski definition) is 7. The number of aromatic nitrogens is 7. The Bertz CT molecular complexity index is 1780. The van der Waals surface area contributed by atoms with Crippen molar-refractivity contribution >= 4 is 17.1 Å². The molecule has 0 amide bonds. The Kier molecular flexibility index (Phi) is 6.84. The number of tetrazole rings is 1. The maximum Gasteiger partial charge on any atom is 0.357 e. The Balaban J connectivity index is 1.29. The summed E-state index contributed by atoms with van der Waals surface area (Å²) < 4.78 is 7.64. The lowest BCUT2D eigenvalue weighted by Gasteiger charge is -2.11. The number of nitrogens with zero attached hydrogens (tertiary/aromatic N) is 6. The van der Waals surface area contributed by atoms with Gasteiger partial charge in [0, 0.05) is 12.0 Å². The van der Waals surface area contributed by atoms with E-state index in [-0.39, 0.29) is 12.3 Å². The first kappa shape index (κ1) is 25.1. The fourth-order valence-electron chi connectivity index (χ4n) is 4.80. The Labute approximate surface area is 230 Å². The predicted molar refractivity (Wildman–Crippen MR) is 151 cm³/mol. The van der Waals surface area contributed by atoms with Gasteiger partial charge in [-0.25, -0.2) is 14.8 Å². The summed E-state index contributed by atoms with van der Waals surface area (Å²) in [7, 11) is 0. The van der Waals surface area contributed by atoms with Gasteiger partial charge < -0.3 is 9.30 Å². The molecule has 0 unspecified atom stereocenters. The van der Waals surface area contributed by atoms with E-state index in [9.17, 15) is 4.79 Å². The number of carbonyl (C=O) groups excluding carboxylic acids is 1. The number of carbonyl (C=O) groups is 1. The van der Waals surface area contributed by atoms with Crippen LogP contribution in [-0.4, -0.2) is 41.1 Å². The fraction of sp³-hybridized carbons (Fsp3) is 0.161. The lowest BCUT2D eigenvalue weighted by molar-refractivity contribution is 0.0466. The summed E-state index contributed by atoms with van der Waals surface area (Å²) in [6, 6.07) is 27.7. The van der Waals surface area contributed by atoms with Crippen molar-refractivity contribution in [3.05, 3.63) is 113 Å². The van der Waals surface area contributed by atoms with Crippen LogP contribution in [0.1, 0.15) is 39.9 Å². The zero-order chi connectivity index (χ0) is 27.5. The molecule has 9 nitrogen and oxygen atoms in total. The number of ether oxygens (including phenoxy) is 1. The first-order chi connectivity index (χ1) is 19.6. The van der Waals surface area contributed by atoms with Gasteiger partial charge in [-0.05, 0) is 46.0 Å². The van der Waals surface area contributed by atoms with E-state index in [1.165, 1.54) is 0 Å². The van der Waals surface area contributed by atoms with Gasteiger partial charge in [0.05, 0.1) is 6.54 Å². The number of aromatic amines is 1. The number of aryl methyl sites for hydroxylation is 2. The minimum absolute atomic E-state index is 0.195. The minimum Gasteiger partial charge on any atom is -0.456 e. The average molecular weight is 530 g/mol. The summed E-state index contributed by atoms with van der Waals surface area (Å²) in [6.45, 7) is 4.78. The molecule has 40 heavy (non-hydrogen) atoms. The van der Waals surface area contributed by atoms with Crippen molar-refractivity contribution in [1.29, 1.82) is 0 Å². The lowest BCUT2D eigenvalue weighted by atomic mass is 9.98. The second-order valence-electron chi connectivity index (χ2n) is 9.50. The van der Waals surface area contributed by atoms with Crippen molar-refractivity contribution in [1.82, 2.24) is 35.2 Å². The van der Waals surface area contributed by atoms with Crippen molar-refractivity contribution < 1.29 is 9.53 Å². The van der Waals surface area contributed by atoms with E-state index in [1.54, 1.807) is 6.07 Å². The number of rotatable bonds is 8. The molecule has 0 saturated heterocycles. The third-order valence-corrected chi connectivity index (χ3v) is 6.83. The highest BCUT2D eigenvalue weighted by Crippen LogP contribution is 2.30. The second kappa shape index (κ2) is 10.9. The maximum absolute atomic E-state index is 12.9. The molecular weight excluding hydrogens is 502 g/mol. The average Bonchev–Trinajstić information content (AvgIpc) is 3.66. The first-order valence-electron chi connectivity index (χ1n) is 13.1. The molecule has 0 aliphatic rings. The summed E-state index contributed by atoms with van der Waals surface area (Å²) in [6.07, 6.45) is 0.736. The molecule has 0 spiro atoms. The molecule has 0 aliphatic carbocycles. The van der Waals surface area contributed by atoms with Crippen LogP contribution in [0, 0.1) is 6.92 Å². The molecule has 0 fully saturated rings. The topological polar surface area (TPSA) is 111 Å². The molecular formula is C31H27N7O2. The summed E-state index contributed by atoms with van der Waals surface area (Å²) >= 11 is 0. The van der Waals surface area contributed by atoms with E-state index in [4.69, 9.17) is 14.7 Å². The Hall–Kier alpha value is -5.18. The monoisotopic (exact) mass is 529 g/mol. The van der Waals surface area contributed by atoms with Gasteiger partial charge in [-0.1, -0.05) is 85.8 Å². The van der Waals surface area contributed by atoms with Crippen molar-refractivity contribution in [2.75, 3.05) is 0 Å². The van der Waals surface area contributed by atoms with Gasteiger partial charge in [0.2, 0.25) is 5.82 Å². The molecule has 1 N–H and O–H groups in total. The van der Waals surface area contributed by atoms with E-state index in [1.807, 2.05) is 61.5 Å². The zero-order valence-electron chi connectivity index (χ0n) is 22.2. The summed E-state index contributed by atoms with van der Waals surface area (Å²) in [4.78, 5) is 22.5. The van der Waals surface area contributed by atoms with Gasteiger partial charge >= 0.3 is 5.97 Å². The standard InChI is InChI=1S/C31H27N7O2/c1-3-27-33-28-20(2)17-26(31(39)40-19-22-9-5-4-6-10-22)32-30(28)38(27)18-21-13-15-23(16-14-21)24-11-7-8-12-25(24)29-34-36-37-35-29/h4-17H,3,18-19H2,1-2H3,(H,34,35,36,37). The molecule has 6 rings (SSSR count). The van der Waals surface area contributed by atoms with Gasteiger partial charge in [-0.15, -0.1) is 10.2 Å². The van der Waals surface area contributed by atoms with Gasteiger partial charge in [-0.3, -0.25) is 0 Å². The van der Waals surface area contributed by atoms with Crippen molar-refractivity contribution in [3.8, 4) is 22.5 Å². The Morgan fingerprint density at radius 1 is 0.900 bits per heavy atom. The number of hydrogen-bond donors (Lipinski definition) is 1. The van der Waals surface area contributed by atoms with E-state index in [0.29, 0.717) is 18.0 Å². The van der Waals surface area contributed by atoms with Crippen molar-refractivity contribution in [3.63, 3.8) is 0 Å². The van der Waals surface area contributed by atoms with E-state index in [2.05, 4.69) is 56.4 Å². The number of fused-ring (bicyclic) bond motifs is 1. The number of pyridine rings is 1. The van der Waals surface area contributed by atoms with Crippen LogP contribution in [0.2, 0.25) is 0 Å². The Morgan fingerprint density at radius 3 is 2.38 bits per heavy atom. The highest BCUT2D eigenvalue weighted by Gasteiger charge is 2.19. The first-order valence-corrected chi connectivity index (χ1v) is 13.1. The van der Waals surface area contributed by atoms with Gasteiger partial charge in [-0.2, -0.15) is 5.21 Å². The molecule has 0 saturated carbocycles. The molecule has 0 radical (unpaired) electrons. The van der Waals surface area contributed by atoms with Crippen LogP contribution in [0.25, 0.3) is 33.7 Å². The van der Waals surface area contributed by atoms with Gasteiger partial charge in [0.1, 0.15) is 17.9 Å². The zero-order valence-corrected chi connectivity index (χ0v) is 22.2. The predicted octanol–water partition coefficient (Wildman–Crippen LogP) is 5.55. The summed E-state index contributed by atoms with van der Waals surface area (Å²) in [5, 5.41) is 14.5. The largest absolute Gasteiger partial charge is 0.456 e. The lowest BCUT2D eigenvalue weighted by Crippen LogP contribution is -2.10. The molecule has 9 heteroatoms. The van der Waals surface area contributed by atoms with Crippen LogP contribution in [0.5, 0.6) is 0 Å². The normalized spacial score (nSPS) is 11.2. The molecule has 0 atom stereocenters. The number of esters is 1. The molecule has 3 aromatic heterocycles. The number of nitrogens with one attached hydrogen (secondary N) is 1. The van der Waals surface area contributed by atoms with E-state index in [0.717, 1.165) is 51.1 Å². The third kappa shape index (κ3) is 4.96. The van der Waals surface area contributed by atoms with Crippen molar-refractivity contribution in [2.45, 2.75) is 33.4 Å². The molecule has 3 heterocycles. The van der Waals surface area contributed by atoms with Crippen molar-refractivity contribution in [2.24, 2.45) is 0 Å². The van der Waals surface area contributed by atoms with E-state index < -0.39 is 5.97 Å². The van der Waals surface area contributed by atoms with Crippen LogP contribution in [0.15, 0.2) is 84.9 Å². The molecule has 0 bridgehead atoms. The van der Waals surface area contributed by atoms with Crippen LogP contribution in [0.3, 0.4) is 0 Å². The second-order valence-corrected chi connectivity index (χ2v) is 9.50. The maximum atomic E-state index is 12.9. The quantitative estimate of drug-likeness (QED) is 0.257. The van der Waals surface area contributed by atoms with Crippen LogP contribution < -0.4 is 0 Å². The number of H-pyrrole nitrogens is 1. The van der Waals surface area contributed by atoms with E-state index >= 15 is 0 Å². The highest BCUT2D eigenvalue weighted by atomic mass is 16.5. The van der Waals surface area contributed by atoms with Gasteiger partial charge in [0.25, 0.3) is 0 Å². The molecule has 3 aromatic carbocycles. The summed E-state index contributed by atoms with van der Waals surface area (Å²) in [5.74, 6) is 1.01. The Morgan fingerprint density at radius 2 is 1.65 bits per heavy atom.